The summed E-state index contributed by atoms with van der Waals surface area (Å²) < 4.78 is 1.93. The van der Waals surface area contributed by atoms with Gasteiger partial charge in [-0.2, -0.15) is 5.26 Å². The van der Waals surface area contributed by atoms with Crippen molar-refractivity contribution in [2.75, 3.05) is 5.75 Å². The van der Waals surface area contributed by atoms with E-state index in [4.69, 9.17) is 10.1 Å². The monoisotopic (exact) mass is 411 g/mol. The van der Waals surface area contributed by atoms with Crippen molar-refractivity contribution < 1.29 is 4.79 Å². The van der Waals surface area contributed by atoms with E-state index in [1.807, 2.05) is 48.9 Å². The largest absolute Gasteiger partial charge is 0.337 e. The van der Waals surface area contributed by atoms with Gasteiger partial charge in [-0.1, -0.05) is 63.1 Å². The minimum atomic E-state index is -0.873. The Kier molecular flexibility index (Phi) is 6.96. The van der Waals surface area contributed by atoms with Gasteiger partial charge in [-0.3, -0.25) is 4.79 Å². The van der Waals surface area contributed by atoms with Crippen LogP contribution in [0.1, 0.15) is 64.6 Å². The Morgan fingerprint density at radius 1 is 1.31 bits per heavy atom. The topological polar surface area (TPSA) is 83.6 Å². The zero-order valence-electron chi connectivity index (χ0n) is 17.4. The predicted molar refractivity (Wildman–Crippen MR) is 115 cm³/mol. The Labute approximate surface area is 177 Å². The summed E-state index contributed by atoms with van der Waals surface area (Å²) in [6.45, 7) is 5.61. The number of thioether (sulfide) groups is 1. The standard InChI is InChI=1S/C22H29N5OS/c1-16(2)22(3,15-23)25-19(28)14-29-21-24-20(17-10-6-4-7-11-17)27(26-21)18-12-8-5-9-13-18/h5,8-9,12-13,16-17H,4,6-7,10-11,14H2,1-3H3,(H,25,28)/t22-/m1/s1. The van der Waals surface area contributed by atoms with E-state index in [2.05, 4.69) is 11.4 Å². The molecule has 1 fully saturated rings. The number of amides is 1. The number of aromatic nitrogens is 3. The third-order valence-electron chi connectivity index (χ3n) is 5.70. The van der Waals surface area contributed by atoms with Crippen molar-refractivity contribution in [2.45, 2.75) is 69.5 Å². The first-order valence-electron chi connectivity index (χ1n) is 10.3. The summed E-state index contributed by atoms with van der Waals surface area (Å²) in [4.78, 5) is 17.2. The molecule has 1 aliphatic rings. The molecule has 7 heteroatoms. The highest BCUT2D eigenvalue weighted by Crippen LogP contribution is 2.33. The predicted octanol–water partition coefficient (Wildman–Crippen LogP) is 4.46. The van der Waals surface area contributed by atoms with Crippen LogP contribution in [0.15, 0.2) is 35.5 Å². The average molecular weight is 412 g/mol. The second-order valence-electron chi connectivity index (χ2n) is 8.14. The minimum Gasteiger partial charge on any atom is -0.337 e. The molecule has 1 saturated carbocycles. The van der Waals surface area contributed by atoms with Gasteiger partial charge < -0.3 is 5.32 Å². The molecule has 1 atom stereocenters. The molecule has 3 rings (SSSR count). The van der Waals surface area contributed by atoms with E-state index in [-0.39, 0.29) is 17.6 Å². The van der Waals surface area contributed by atoms with Gasteiger partial charge in [0, 0.05) is 5.92 Å². The van der Waals surface area contributed by atoms with E-state index in [1.165, 1.54) is 31.0 Å². The highest BCUT2D eigenvalue weighted by atomic mass is 32.2. The molecule has 1 heterocycles. The fraction of sp³-hybridized carbons (Fsp3) is 0.545. The highest BCUT2D eigenvalue weighted by molar-refractivity contribution is 7.99. The molecule has 0 bridgehead atoms. The fourth-order valence-corrected chi connectivity index (χ4v) is 4.14. The van der Waals surface area contributed by atoms with Crippen LogP contribution >= 0.6 is 11.8 Å². The van der Waals surface area contributed by atoms with Crippen LogP contribution in [-0.4, -0.2) is 32.0 Å². The van der Waals surface area contributed by atoms with Crippen molar-refractivity contribution in [3.05, 3.63) is 36.2 Å². The van der Waals surface area contributed by atoms with Crippen LogP contribution in [0.5, 0.6) is 0 Å². The third-order valence-corrected chi connectivity index (χ3v) is 6.54. The van der Waals surface area contributed by atoms with Crippen LogP contribution in [0.3, 0.4) is 0 Å². The number of nitrogens with one attached hydrogen (secondary N) is 1. The lowest BCUT2D eigenvalue weighted by atomic mass is 9.88. The van der Waals surface area contributed by atoms with Crippen LogP contribution in [0.2, 0.25) is 0 Å². The lowest BCUT2D eigenvalue weighted by Crippen LogP contribution is -2.49. The molecule has 1 aromatic heterocycles. The third kappa shape index (κ3) is 5.18. The highest BCUT2D eigenvalue weighted by Gasteiger charge is 2.30. The van der Waals surface area contributed by atoms with Crippen molar-refractivity contribution in [2.24, 2.45) is 5.92 Å². The molecule has 1 aliphatic carbocycles. The number of carbonyl (C=O) groups excluding carboxylic acids is 1. The average Bonchev–Trinajstić information content (AvgIpc) is 3.18. The van der Waals surface area contributed by atoms with Crippen LogP contribution in [0.25, 0.3) is 5.69 Å². The maximum atomic E-state index is 12.4. The second-order valence-corrected chi connectivity index (χ2v) is 9.08. The van der Waals surface area contributed by atoms with Gasteiger partial charge in [-0.15, -0.1) is 5.10 Å². The van der Waals surface area contributed by atoms with Crippen LogP contribution in [-0.2, 0) is 4.79 Å². The van der Waals surface area contributed by atoms with Crippen LogP contribution < -0.4 is 5.32 Å². The Morgan fingerprint density at radius 3 is 2.62 bits per heavy atom. The Hall–Kier alpha value is -2.33. The van der Waals surface area contributed by atoms with Crippen molar-refractivity contribution in [1.82, 2.24) is 20.1 Å². The van der Waals surface area contributed by atoms with E-state index in [0.717, 1.165) is 24.4 Å². The summed E-state index contributed by atoms with van der Waals surface area (Å²) in [6.07, 6.45) is 5.99. The maximum Gasteiger partial charge on any atom is 0.231 e. The normalized spacial score (nSPS) is 16.9. The number of nitrogens with zero attached hydrogens (tertiary/aromatic N) is 4. The Balaban J connectivity index is 1.75. The van der Waals surface area contributed by atoms with E-state index in [0.29, 0.717) is 11.1 Å². The van der Waals surface area contributed by atoms with Crippen molar-refractivity contribution in [3.8, 4) is 11.8 Å². The molecule has 1 aromatic carbocycles. The lowest BCUT2D eigenvalue weighted by molar-refractivity contribution is -0.120. The smallest absolute Gasteiger partial charge is 0.231 e. The summed E-state index contributed by atoms with van der Waals surface area (Å²) in [5.41, 5.74) is 0.121. The Morgan fingerprint density at radius 2 is 2.00 bits per heavy atom. The molecule has 1 amide bonds. The molecule has 0 aliphatic heterocycles. The molecule has 6 nitrogen and oxygen atoms in total. The summed E-state index contributed by atoms with van der Waals surface area (Å²) >= 11 is 1.32. The molecule has 0 radical (unpaired) electrons. The zero-order chi connectivity index (χ0) is 20.9. The quantitative estimate of drug-likeness (QED) is 0.680. The van der Waals surface area contributed by atoms with Crippen LogP contribution in [0, 0.1) is 17.2 Å². The van der Waals surface area contributed by atoms with Gasteiger partial charge >= 0.3 is 0 Å². The van der Waals surface area contributed by atoms with Crippen LogP contribution in [0.4, 0.5) is 0 Å². The van der Waals surface area contributed by atoms with E-state index in [1.54, 1.807) is 6.92 Å². The van der Waals surface area contributed by atoms with Gasteiger partial charge in [0.05, 0.1) is 17.5 Å². The van der Waals surface area contributed by atoms with Crippen molar-refractivity contribution >= 4 is 17.7 Å². The van der Waals surface area contributed by atoms with Gasteiger partial charge in [0.1, 0.15) is 11.4 Å². The number of para-hydroxylation sites is 1. The number of hydrogen-bond donors (Lipinski definition) is 1. The molecule has 29 heavy (non-hydrogen) atoms. The number of rotatable bonds is 7. The fourth-order valence-electron chi connectivity index (χ4n) is 3.51. The lowest BCUT2D eigenvalue weighted by Gasteiger charge is -2.27. The summed E-state index contributed by atoms with van der Waals surface area (Å²) in [7, 11) is 0. The Bertz CT molecular complexity index is 867. The molecule has 2 aromatic rings. The summed E-state index contributed by atoms with van der Waals surface area (Å²) in [5, 5.41) is 17.6. The molecule has 0 spiro atoms. The summed E-state index contributed by atoms with van der Waals surface area (Å²) in [5.74, 6) is 1.43. The molecule has 1 N–H and O–H groups in total. The van der Waals surface area contributed by atoms with Crippen molar-refractivity contribution in [3.63, 3.8) is 0 Å². The van der Waals surface area contributed by atoms with Gasteiger partial charge in [0.15, 0.2) is 0 Å². The summed E-state index contributed by atoms with van der Waals surface area (Å²) in [6, 6.07) is 12.3. The molecule has 0 saturated heterocycles. The minimum absolute atomic E-state index is 0.0229. The number of nitriles is 1. The number of benzene rings is 1. The van der Waals surface area contributed by atoms with Gasteiger partial charge in [0.25, 0.3) is 0 Å². The molecule has 0 unspecified atom stereocenters. The first kappa shape index (κ1) is 21.4. The second kappa shape index (κ2) is 9.45. The zero-order valence-corrected chi connectivity index (χ0v) is 18.2. The van der Waals surface area contributed by atoms with Gasteiger partial charge in [0.2, 0.25) is 11.1 Å². The van der Waals surface area contributed by atoms with Gasteiger partial charge in [-0.25, -0.2) is 9.67 Å². The molecular formula is C22H29N5OS. The maximum absolute atomic E-state index is 12.4. The molecular weight excluding hydrogens is 382 g/mol. The van der Waals surface area contributed by atoms with Crippen molar-refractivity contribution in [1.29, 1.82) is 5.26 Å². The number of hydrogen-bond acceptors (Lipinski definition) is 5. The van der Waals surface area contributed by atoms with Gasteiger partial charge in [-0.05, 0) is 37.8 Å². The number of carbonyl (C=O) groups is 1. The van der Waals surface area contributed by atoms with E-state index >= 15 is 0 Å². The first-order valence-corrected chi connectivity index (χ1v) is 11.3. The molecule has 154 valence electrons. The van der Waals surface area contributed by atoms with E-state index < -0.39 is 5.54 Å². The first-order chi connectivity index (χ1) is 13.9. The van der Waals surface area contributed by atoms with E-state index in [9.17, 15) is 10.1 Å². The SMILES string of the molecule is CC(C)[C@@](C)(C#N)NC(=O)CSc1nc(C2CCCCC2)n(-c2ccccc2)n1.